The third kappa shape index (κ3) is 4.91. The molecule has 1 rings (SSSR count). The van der Waals surface area contributed by atoms with Gasteiger partial charge in [-0.15, -0.1) is 0 Å². The van der Waals surface area contributed by atoms with Crippen LogP contribution < -0.4 is 11.1 Å². The Labute approximate surface area is 128 Å². The maximum absolute atomic E-state index is 11.7. The fourth-order valence-electron chi connectivity index (χ4n) is 1.91. The summed E-state index contributed by atoms with van der Waals surface area (Å²) in [4.78, 5) is 23.2. The van der Waals surface area contributed by atoms with Crippen molar-refractivity contribution in [1.82, 2.24) is 5.32 Å². The van der Waals surface area contributed by atoms with E-state index < -0.39 is 17.9 Å². The van der Waals surface area contributed by atoms with Gasteiger partial charge in [0.1, 0.15) is 5.75 Å². The quantitative estimate of drug-likeness (QED) is 0.689. The first kappa shape index (κ1) is 17.3. The molecule has 6 nitrogen and oxygen atoms in total. The molecule has 0 fully saturated rings. The molecule has 0 aliphatic rings. The van der Waals surface area contributed by atoms with E-state index in [4.69, 9.17) is 22.1 Å². The van der Waals surface area contributed by atoms with Crippen LogP contribution in [0.1, 0.15) is 30.5 Å². The maximum atomic E-state index is 11.7. The van der Waals surface area contributed by atoms with Gasteiger partial charge in [0.2, 0.25) is 5.91 Å². The van der Waals surface area contributed by atoms with Crippen LogP contribution in [0.2, 0.25) is 5.02 Å². The summed E-state index contributed by atoms with van der Waals surface area (Å²) < 4.78 is 4.87. The summed E-state index contributed by atoms with van der Waals surface area (Å²) >= 11 is 5.97. The number of nitrogens with two attached hydrogens (primary N) is 1. The molecule has 0 spiro atoms. The number of carbonyl (C=O) groups is 2. The first-order valence-corrected chi connectivity index (χ1v) is 6.90. The fraction of sp³-hybridized carbons (Fsp3) is 0.429. The van der Waals surface area contributed by atoms with E-state index in [1.165, 1.54) is 6.07 Å². The van der Waals surface area contributed by atoms with Gasteiger partial charge < -0.3 is 20.9 Å². The number of ether oxygens (including phenoxy) is 1. The molecule has 116 valence electrons. The van der Waals surface area contributed by atoms with E-state index >= 15 is 0 Å². The Bertz CT molecular complexity index is 534. The smallest absolute Gasteiger partial charge is 0.308 e. The number of phenols is 1. The molecule has 0 bridgehead atoms. The highest BCUT2D eigenvalue weighted by Crippen LogP contribution is 2.32. The molecule has 0 saturated heterocycles. The van der Waals surface area contributed by atoms with Crippen LogP contribution in [0.4, 0.5) is 0 Å². The first-order chi connectivity index (χ1) is 9.88. The van der Waals surface area contributed by atoms with E-state index in [2.05, 4.69) is 5.32 Å². The minimum absolute atomic E-state index is 0.0222. The van der Waals surface area contributed by atoms with Gasteiger partial charge in [-0.05, 0) is 31.5 Å². The van der Waals surface area contributed by atoms with Crippen LogP contribution in [0.3, 0.4) is 0 Å². The van der Waals surface area contributed by atoms with Crippen LogP contribution in [0.5, 0.6) is 5.75 Å². The molecule has 0 saturated carbocycles. The molecule has 0 aromatic heterocycles. The van der Waals surface area contributed by atoms with Crippen molar-refractivity contribution in [3.05, 3.63) is 28.3 Å². The van der Waals surface area contributed by atoms with Gasteiger partial charge >= 0.3 is 5.97 Å². The summed E-state index contributed by atoms with van der Waals surface area (Å²) in [5, 5.41) is 13.1. The lowest BCUT2D eigenvalue weighted by atomic mass is 10.00. The van der Waals surface area contributed by atoms with Crippen molar-refractivity contribution in [3.8, 4) is 5.75 Å². The molecule has 4 N–H and O–H groups in total. The van der Waals surface area contributed by atoms with Crippen LogP contribution in [0.15, 0.2) is 12.1 Å². The summed E-state index contributed by atoms with van der Waals surface area (Å²) in [5.74, 6) is -0.954. The van der Waals surface area contributed by atoms with Crippen LogP contribution in [0.25, 0.3) is 0 Å². The van der Waals surface area contributed by atoms with Gasteiger partial charge in [0.05, 0.1) is 25.6 Å². The lowest BCUT2D eigenvalue weighted by molar-refractivity contribution is -0.143. The van der Waals surface area contributed by atoms with Crippen molar-refractivity contribution in [3.63, 3.8) is 0 Å². The highest BCUT2D eigenvalue weighted by atomic mass is 35.5. The minimum atomic E-state index is -0.752. The van der Waals surface area contributed by atoms with Crippen molar-refractivity contribution < 1.29 is 19.4 Å². The number of rotatable bonds is 6. The van der Waals surface area contributed by atoms with Gasteiger partial charge in [-0.2, -0.15) is 0 Å². The zero-order valence-corrected chi connectivity index (χ0v) is 12.7. The van der Waals surface area contributed by atoms with Crippen molar-refractivity contribution in [1.29, 1.82) is 0 Å². The van der Waals surface area contributed by atoms with Crippen molar-refractivity contribution >= 4 is 23.5 Å². The number of carbonyl (C=O) groups excluding carboxylic acids is 2. The Kier molecular flexibility index (Phi) is 6.45. The molecule has 7 heteroatoms. The van der Waals surface area contributed by atoms with Crippen LogP contribution in [0, 0.1) is 6.92 Å². The third-order valence-corrected chi connectivity index (χ3v) is 3.09. The molecule has 0 heterocycles. The summed E-state index contributed by atoms with van der Waals surface area (Å²) in [6.45, 7) is 3.37. The van der Waals surface area contributed by atoms with Crippen LogP contribution >= 0.6 is 11.6 Å². The van der Waals surface area contributed by atoms with E-state index in [9.17, 15) is 14.7 Å². The fourth-order valence-corrected chi connectivity index (χ4v) is 2.19. The van der Waals surface area contributed by atoms with Gasteiger partial charge in [-0.3, -0.25) is 9.59 Å². The monoisotopic (exact) mass is 314 g/mol. The van der Waals surface area contributed by atoms with Gasteiger partial charge in [0.25, 0.3) is 0 Å². The van der Waals surface area contributed by atoms with Crippen LogP contribution in [-0.2, 0) is 14.3 Å². The molecule has 1 aromatic rings. The molecular formula is C14H19ClN2O4. The number of halogens is 1. The molecule has 0 unspecified atom stereocenters. The number of nitrogens with one attached hydrogen (secondary N) is 1. The molecule has 0 radical (unpaired) electrons. The van der Waals surface area contributed by atoms with Crippen LogP contribution in [-0.4, -0.2) is 30.1 Å². The lowest BCUT2D eigenvalue weighted by Gasteiger charge is -2.20. The minimum Gasteiger partial charge on any atom is -0.507 e. The third-order valence-electron chi connectivity index (χ3n) is 2.87. The van der Waals surface area contributed by atoms with E-state index in [1.807, 2.05) is 0 Å². The number of esters is 1. The summed E-state index contributed by atoms with van der Waals surface area (Å²) in [5.41, 5.74) is 6.17. The number of benzene rings is 1. The highest BCUT2D eigenvalue weighted by molar-refractivity contribution is 6.30. The molecule has 0 aliphatic carbocycles. The molecule has 1 amide bonds. The molecule has 0 aliphatic heterocycles. The van der Waals surface area contributed by atoms with Gasteiger partial charge in [0, 0.05) is 10.6 Å². The second kappa shape index (κ2) is 7.85. The SMILES string of the molecule is CCOC(=O)C[C@@H](NC(=O)CN)c1cc(Cl)cc(C)c1O. The van der Waals surface area contributed by atoms with Crippen molar-refractivity contribution in [2.45, 2.75) is 26.3 Å². The van der Waals surface area contributed by atoms with E-state index in [0.29, 0.717) is 16.1 Å². The number of aromatic hydroxyl groups is 1. The number of hydrogen-bond acceptors (Lipinski definition) is 5. The van der Waals surface area contributed by atoms with Crippen molar-refractivity contribution in [2.24, 2.45) is 5.73 Å². The first-order valence-electron chi connectivity index (χ1n) is 6.53. The number of amides is 1. The predicted molar refractivity (Wildman–Crippen MR) is 79.0 cm³/mol. The Morgan fingerprint density at radius 1 is 1.48 bits per heavy atom. The Morgan fingerprint density at radius 3 is 2.71 bits per heavy atom. The van der Waals surface area contributed by atoms with Crippen molar-refractivity contribution in [2.75, 3.05) is 13.2 Å². The molecule has 1 atom stereocenters. The summed E-state index contributed by atoms with van der Waals surface area (Å²) in [6, 6.07) is 2.34. The largest absolute Gasteiger partial charge is 0.507 e. The van der Waals surface area contributed by atoms with E-state index in [0.717, 1.165) is 0 Å². The second-order valence-electron chi connectivity index (χ2n) is 4.49. The summed E-state index contributed by atoms with van der Waals surface area (Å²) in [7, 11) is 0. The normalized spacial score (nSPS) is 11.8. The predicted octanol–water partition coefficient (Wildman–Crippen LogP) is 1.42. The maximum Gasteiger partial charge on any atom is 0.308 e. The zero-order chi connectivity index (χ0) is 16.0. The number of hydrogen-bond donors (Lipinski definition) is 3. The van der Waals surface area contributed by atoms with Gasteiger partial charge in [-0.25, -0.2) is 0 Å². The highest BCUT2D eigenvalue weighted by Gasteiger charge is 2.23. The topological polar surface area (TPSA) is 102 Å². The Morgan fingerprint density at radius 2 is 2.14 bits per heavy atom. The van der Waals surface area contributed by atoms with E-state index in [1.54, 1.807) is 19.9 Å². The van der Waals surface area contributed by atoms with Gasteiger partial charge in [-0.1, -0.05) is 11.6 Å². The molecule has 21 heavy (non-hydrogen) atoms. The average Bonchev–Trinajstić information content (AvgIpc) is 2.42. The lowest BCUT2D eigenvalue weighted by Crippen LogP contribution is -2.35. The van der Waals surface area contributed by atoms with E-state index in [-0.39, 0.29) is 25.3 Å². The zero-order valence-electron chi connectivity index (χ0n) is 12.0. The van der Waals surface area contributed by atoms with Gasteiger partial charge in [0.15, 0.2) is 0 Å². The standard InChI is InChI=1S/C14H19ClN2O4/c1-3-21-13(19)6-11(17-12(18)7-16)10-5-9(15)4-8(2)14(10)20/h4-5,11,20H,3,6-7,16H2,1-2H3,(H,17,18)/t11-/m1/s1. The molecule has 1 aromatic carbocycles. The number of phenolic OH excluding ortho intramolecular Hbond substituents is 1. The Hall–Kier alpha value is -1.79. The summed E-state index contributed by atoms with van der Waals surface area (Å²) in [6.07, 6.45) is -0.118. The second-order valence-corrected chi connectivity index (χ2v) is 4.93. The Balaban J connectivity index is 3.10. The number of aryl methyl sites for hydroxylation is 1. The molecular weight excluding hydrogens is 296 g/mol. The average molecular weight is 315 g/mol.